The van der Waals surface area contributed by atoms with Gasteiger partial charge in [0.2, 0.25) is 5.91 Å². The molecule has 0 radical (unpaired) electrons. The molecule has 0 saturated heterocycles. The quantitative estimate of drug-likeness (QED) is 0.463. The molecule has 1 N–H and O–H groups in total. The Balaban J connectivity index is 1.80. The number of fused-ring (bicyclic) bond motifs is 1. The summed E-state index contributed by atoms with van der Waals surface area (Å²) in [6, 6.07) is 17.4. The van der Waals surface area contributed by atoms with Crippen LogP contribution in [-0.4, -0.2) is 21.5 Å². The van der Waals surface area contributed by atoms with Crippen LogP contribution in [0.3, 0.4) is 0 Å². The molecule has 0 bridgehead atoms. The van der Waals surface area contributed by atoms with Crippen molar-refractivity contribution in [3.63, 3.8) is 0 Å². The molecule has 1 aliphatic rings. The second-order valence-electron chi connectivity index (χ2n) is 7.54. The molecule has 29 heavy (non-hydrogen) atoms. The molecular weight excluding hydrogens is 382 g/mol. The molecule has 1 fully saturated rings. The van der Waals surface area contributed by atoms with Gasteiger partial charge in [-0.15, -0.1) is 0 Å². The molecule has 1 amide bonds. The minimum Gasteiger partial charge on any atom is -0.352 e. The molecule has 2 atom stereocenters. The van der Waals surface area contributed by atoms with Crippen LogP contribution in [-0.2, 0) is 4.79 Å². The molecule has 1 saturated carbocycles. The molecule has 4 rings (SSSR count). The Hall–Kier alpha value is -2.60. The second kappa shape index (κ2) is 8.41. The molecular formula is C23H25N3O2S. The van der Waals surface area contributed by atoms with Crippen LogP contribution in [0.25, 0.3) is 10.9 Å². The predicted molar refractivity (Wildman–Crippen MR) is 117 cm³/mol. The third kappa shape index (κ3) is 4.22. The lowest BCUT2D eigenvalue weighted by atomic mass is 10.1. The highest BCUT2D eigenvalue weighted by molar-refractivity contribution is 8.00. The van der Waals surface area contributed by atoms with E-state index in [2.05, 4.69) is 12.2 Å². The minimum absolute atomic E-state index is 0.00924. The summed E-state index contributed by atoms with van der Waals surface area (Å²) in [5, 5.41) is 3.85. The number of para-hydroxylation sites is 1. The summed E-state index contributed by atoms with van der Waals surface area (Å²) in [6.45, 7) is 4.07. The first-order chi connectivity index (χ1) is 14.1. The average molecular weight is 408 g/mol. The number of aromatic nitrogens is 2. The van der Waals surface area contributed by atoms with Crippen LogP contribution in [0.15, 0.2) is 64.5 Å². The zero-order valence-corrected chi connectivity index (χ0v) is 17.5. The molecule has 5 nitrogen and oxygen atoms in total. The average Bonchev–Trinajstić information content (AvgIpc) is 3.56. The van der Waals surface area contributed by atoms with Gasteiger partial charge in [-0.2, -0.15) is 0 Å². The largest absolute Gasteiger partial charge is 0.352 e. The number of nitrogens with zero attached hydrogens (tertiary/aromatic N) is 2. The van der Waals surface area contributed by atoms with E-state index in [1.165, 1.54) is 11.8 Å². The number of thioether (sulfide) groups is 1. The maximum Gasteiger partial charge on any atom is 0.262 e. The summed E-state index contributed by atoms with van der Waals surface area (Å²) in [7, 11) is 0. The van der Waals surface area contributed by atoms with Crippen molar-refractivity contribution in [1.82, 2.24) is 14.9 Å². The molecule has 150 valence electrons. The number of carbonyl (C=O) groups excluding carboxylic acids is 1. The Morgan fingerprint density at radius 3 is 2.55 bits per heavy atom. The number of rotatable bonds is 7. The predicted octanol–water partition coefficient (Wildman–Crippen LogP) is 4.48. The van der Waals surface area contributed by atoms with Gasteiger partial charge in [0.1, 0.15) is 5.25 Å². The first-order valence-electron chi connectivity index (χ1n) is 10.1. The van der Waals surface area contributed by atoms with Crippen molar-refractivity contribution in [2.45, 2.75) is 55.6 Å². The van der Waals surface area contributed by atoms with Crippen molar-refractivity contribution in [2.75, 3.05) is 0 Å². The second-order valence-corrected chi connectivity index (χ2v) is 8.61. The van der Waals surface area contributed by atoms with E-state index in [0.717, 1.165) is 24.8 Å². The maximum atomic E-state index is 13.2. The SMILES string of the molecule is CC[C@@H](C)n1c(S[C@@H](C(=O)NC2CC2)c2ccccc2)nc2ccccc2c1=O. The van der Waals surface area contributed by atoms with Crippen LogP contribution < -0.4 is 10.9 Å². The van der Waals surface area contributed by atoms with Crippen LogP contribution in [0.4, 0.5) is 0 Å². The highest BCUT2D eigenvalue weighted by Crippen LogP contribution is 2.36. The van der Waals surface area contributed by atoms with E-state index in [0.29, 0.717) is 16.1 Å². The zero-order chi connectivity index (χ0) is 20.4. The lowest BCUT2D eigenvalue weighted by molar-refractivity contribution is -0.120. The summed E-state index contributed by atoms with van der Waals surface area (Å²) < 4.78 is 1.74. The third-order valence-electron chi connectivity index (χ3n) is 5.29. The van der Waals surface area contributed by atoms with Crippen LogP contribution in [0.5, 0.6) is 0 Å². The van der Waals surface area contributed by atoms with Gasteiger partial charge in [-0.3, -0.25) is 14.2 Å². The van der Waals surface area contributed by atoms with Gasteiger partial charge in [-0.1, -0.05) is 61.2 Å². The van der Waals surface area contributed by atoms with E-state index in [4.69, 9.17) is 4.98 Å². The number of hydrogen-bond acceptors (Lipinski definition) is 4. The van der Waals surface area contributed by atoms with Crippen LogP contribution >= 0.6 is 11.8 Å². The van der Waals surface area contributed by atoms with Crippen LogP contribution in [0.2, 0.25) is 0 Å². The van der Waals surface area contributed by atoms with Crippen molar-refractivity contribution in [3.8, 4) is 0 Å². The van der Waals surface area contributed by atoms with E-state index in [1.54, 1.807) is 4.57 Å². The maximum absolute atomic E-state index is 13.2. The molecule has 2 aromatic carbocycles. The summed E-state index contributed by atoms with van der Waals surface area (Å²) in [6.07, 6.45) is 2.87. The van der Waals surface area contributed by atoms with Gasteiger partial charge in [0.25, 0.3) is 5.56 Å². The van der Waals surface area contributed by atoms with Gasteiger partial charge < -0.3 is 5.32 Å². The molecule has 1 aliphatic carbocycles. The molecule has 0 unspecified atom stereocenters. The van der Waals surface area contributed by atoms with Crippen molar-refractivity contribution in [2.24, 2.45) is 0 Å². The van der Waals surface area contributed by atoms with E-state index in [1.807, 2.05) is 61.5 Å². The summed E-state index contributed by atoms with van der Waals surface area (Å²) in [4.78, 5) is 31.1. The topological polar surface area (TPSA) is 64.0 Å². The van der Waals surface area contributed by atoms with E-state index < -0.39 is 5.25 Å². The van der Waals surface area contributed by atoms with Crippen molar-refractivity contribution >= 4 is 28.6 Å². The lowest BCUT2D eigenvalue weighted by Crippen LogP contribution is -2.31. The van der Waals surface area contributed by atoms with E-state index >= 15 is 0 Å². The van der Waals surface area contributed by atoms with Gasteiger partial charge in [0, 0.05) is 12.1 Å². The fourth-order valence-corrected chi connectivity index (χ4v) is 4.50. The Kier molecular flexibility index (Phi) is 5.72. The summed E-state index contributed by atoms with van der Waals surface area (Å²) in [5.41, 5.74) is 1.52. The zero-order valence-electron chi connectivity index (χ0n) is 16.7. The van der Waals surface area contributed by atoms with E-state index in [-0.39, 0.29) is 23.6 Å². The van der Waals surface area contributed by atoms with Gasteiger partial charge in [0.05, 0.1) is 10.9 Å². The minimum atomic E-state index is -0.458. The molecule has 1 heterocycles. The third-order valence-corrected chi connectivity index (χ3v) is 6.52. The molecule has 3 aromatic rings. The normalized spacial score (nSPS) is 15.8. The Labute approximate surface area is 174 Å². The van der Waals surface area contributed by atoms with Crippen LogP contribution in [0.1, 0.15) is 50.0 Å². The molecule has 6 heteroatoms. The Morgan fingerprint density at radius 2 is 1.86 bits per heavy atom. The number of benzene rings is 2. The summed E-state index contributed by atoms with van der Waals surface area (Å²) in [5.74, 6) is -0.0261. The molecule has 0 aliphatic heterocycles. The summed E-state index contributed by atoms with van der Waals surface area (Å²) >= 11 is 1.36. The van der Waals surface area contributed by atoms with Gasteiger partial charge in [-0.25, -0.2) is 4.98 Å². The first-order valence-corrected chi connectivity index (χ1v) is 11.0. The number of carbonyl (C=O) groups is 1. The van der Waals surface area contributed by atoms with E-state index in [9.17, 15) is 9.59 Å². The number of hydrogen-bond donors (Lipinski definition) is 1. The fraction of sp³-hybridized carbons (Fsp3) is 0.348. The number of amides is 1. The number of nitrogens with one attached hydrogen (secondary N) is 1. The van der Waals surface area contributed by atoms with Gasteiger partial charge in [0.15, 0.2) is 5.16 Å². The molecule has 0 spiro atoms. The Morgan fingerprint density at radius 1 is 1.17 bits per heavy atom. The first kappa shape index (κ1) is 19.7. The smallest absolute Gasteiger partial charge is 0.262 e. The van der Waals surface area contributed by atoms with Gasteiger partial charge in [-0.05, 0) is 43.9 Å². The fourth-order valence-electron chi connectivity index (χ4n) is 3.29. The van der Waals surface area contributed by atoms with Crippen molar-refractivity contribution in [3.05, 3.63) is 70.5 Å². The van der Waals surface area contributed by atoms with Gasteiger partial charge >= 0.3 is 0 Å². The Bertz CT molecular complexity index is 1080. The highest BCUT2D eigenvalue weighted by Gasteiger charge is 2.30. The van der Waals surface area contributed by atoms with Crippen LogP contribution in [0, 0.1) is 0 Å². The highest BCUT2D eigenvalue weighted by atomic mass is 32.2. The van der Waals surface area contributed by atoms with Crippen molar-refractivity contribution < 1.29 is 4.79 Å². The van der Waals surface area contributed by atoms with Crippen molar-refractivity contribution in [1.29, 1.82) is 0 Å². The monoisotopic (exact) mass is 407 g/mol. The molecule has 1 aromatic heterocycles. The lowest BCUT2D eigenvalue weighted by Gasteiger charge is -2.22. The standard InChI is InChI=1S/C23H25N3O2S/c1-3-15(2)26-22(28)18-11-7-8-12-19(18)25-23(26)29-20(16-9-5-4-6-10-16)21(27)24-17-13-14-17/h4-12,15,17,20H,3,13-14H2,1-2H3,(H,24,27)/t15-,20-/m1/s1.